The highest BCUT2D eigenvalue weighted by Gasteiger charge is 2.41. The van der Waals surface area contributed by atoms with E-state index in [1.165, 1.54) is 7.11 Å². The zero-order valence-electron chi connectivity index (χ0n) is 24.2. The van der Waals surface area contributed by atoms with Gasteiger partial charge in [0.25, 0.3) is 5.91 Å². The maximum atomic E-state index is 13.4. The minimum Gasteiger partial charge on any atom is -0.493 e. The Morgan fingerprint density at radius 2 is 1.79 bits per heavy atom. The first-order valence-electron chi connectivity index (χ1n) is 14.0. The Hall–Kier alpha value is -3.59. The van der Waals surface area contributed by atoms with E-state index in [0.29, 0.717) is 67.1 Å². The Morgan fingerprint density at radius 1 is 1.07 bits per heavy atom. The number of nitrogen functional groups attached to an aromatic ring is 2. The van der Waals surface area contributed by atoms with Gasteiger partial charge in [0.15, 0.2) is 39.9 Å². The van der Waals surface area contributed by atoms with Gasteiger partial charge < -0.3 is 41.4 Å². The maximum Gasteiger partial charge on any atom is 0.302 e. The van der Waals surface area contributed by atoms with E-state index in [9.17, 15) is 9.59 Å². The van der Waals surface area contributed by atoms with E-state index in [0.717, 1.165) is 32.7 Å². The van der Waals surface area contributed by atoms with Crippen LogP contribution in [0.2, 0.25) is 10.2 Å². The molecule has 0 aliphatic carbocycles. The van der Waals surface area contributed by atoms with Crippen molar-refractivity contribution in [1.82, 2.24) is 35.3 Å². The van der Waals surface area contributed by atoms with Crippen molar-refractivity contribution in [3.63, 3.8) is 0 Å². The van der Waals surface area contributed by atoms with Crippen LogP contribution < -0.4 is 31.6 Å². The van der Waals surface area contributed by atoms with Crippen LogP contribution in [0.4, 0.5) is 11.6 Å². The van der Waals surface area contributed by atoms with E-state index in [4.69, 9.17) is 44.1 Å². The standard InChI is InChI=1S/C27H36Cl2N10O4/c1-37-7-9-38(10-8-37)11-12-43-20-17(28)13-16(14-18(20)42-2)25(41)39-5-3-27(4-6-39)15-32-26(36-27)35-24(40)19-22(30)34-23(31)21(29)33-19/h13-14H,3-12,15H2,1-2H3,(H4,30,31,34)(H2,32,35,36,40). The number of aromatic nitrogens is 2. The van der Waals surface area contributed by atoms with E-state index in [2.05, 4.69) is 42.4 Å². The maximum absolute atomic E-state index is 13.4. The third-order valence-corrected chi connectivity index (χ3v) is 8.59. The van der Waals surface area contributed by atoms with Crippen molar-refractivity contribution in [2.45, 2.75) is 18.4 Å². The molecule has 0 atom stereocenters. The van der Waals surface area contributed by atoms with Crippen LogP contribution in [0, 0.1) is 0 Å². The van der Waals surface area contributed by atoms with Gasteiger partial charge in [0.2, 0.25) is 0 Å². The number of nitrogens with one attached hydrogen (secondary N) is 2. The number of methoxy groups -OCH3 is 1. The van der Waals surface area contributed by atoms with Crippen LogP contribution in [0.15, 0.2) is 17.1 Å². The number of benzene rings is 1. The number of nitrogens with two attached hydrogens (primary N) is 2. The molecule has 14 nitrogen and oxygen atoms in total. The van der Waals surface area contributed by atoms with Gasteiger partial charge >= 0.3 is 5.91 Å². The molecule has 6 N–H and O–H groups in total. The summed E-state index contributed by atoms with van der Waals surface area (Å²) < 4.78 is 11.5. The van der Waals surface area contributed by atoms with Gasteiger partial charge in [-0.05, 0) is 32.0 Å². The number of likely N-dealkylation sites (tertiary alicyclic amines) is 1. The smallest absolute Gasteiger partial charge is 0.302 e. The molecule has 1 aromatic heterocycles. The second-order valence-corrected chi connectivity index (χ2v) is 11.7. The summed E-state index contributed by atoms with van der Waals surface area (Å²) in [5, 5.41) is 6.63. The first kappa shape index (κ1) is 30.9. The number of rotatable bonds is 7. The molecule has 0 bridgehead atoms. The molecule has 43 heavy (non-hydrogen) atoms. The van der Waals surface area contributed by atoms with E-state index < -0.39 is 5.91 Å². The number of amides is 2. The lowest BCUT2D eigenvalue weighted by Crippen LogP contribution is -2.53. The van der Waals surface area contributed by atoms with Crippen LogP contribution in [-0.4, -0.2) is 121 Å². The Balaban J connectivity index is 1.17. The number of hydrogen-bond donors (Lipinski definition) is 4. The van der Waals surface area contributed by atoms with Gasteiger partial charge in [-0.25, -0.2) is 9.97 Å². The molecule has 4 heterocycles. The number of anilines is 2. The molecule has 16 heteroatoms. The fourth-order valence-corrected chi connectivity index (χ4v) is 5.76. The van der Waals surface area contributed by atoms with Crippen LogP contribution in [0.3, 0.4) is 0 Å². The van der Waals surface area contributed by atoms with Crippen molar-refractivity contribution in [3.8, 4) is 11.5 Å². The number of ether oxygens (including phenoxy) is 2. The number of halogens is 2. The summed E-state index contributed by atoms with van der Waals surface area (Å²) in [5.74, 6) is 0.0676. The monoisotopic (exact) mass is 634 g/mol. The van der Waals surface area contributed by atoms with Gasteiger partial charge in [-0.2, -0.15) is 4.99 Å². The molecule has 0 unspecified atom stereocenters. The second-order valence-electron chi connectivity index (χ2n) is 10.9. The second kappa shape index (κ2) is 13.0. The van der Waals surface area contributed by atoms with Crippen molar-refractivity contribution in [3.05, 3.63) is 33.6 Å². The Kier molecular flexibility index (Phi) is 9.30. The molecule has 1 spiro atoms. The number of carbonyl (C=O) groups excluding carboxylic acids is 2. The largest absolute Gasteiger partial charge is 0.493 e. The highest BCUT2D eigenvalue weighted by atomic mass is 35.5. The average molecular weight is 636 g/mol. The Labute approximate surface area is 259 Å². The lowest BCUT2D eigenvalue weighted by molar-refractivity contribution is 0.0668. The average Bonchev–Trinajstić information content (AvgIpc) is 3.37. The molecular weight excluding hydrogens is 599 g/mol. The molecular formula is C27H36Cl2N10O4. The zero-order chi connectivity index (χ0) is 30.7. The third-order valence-electron chi connectivity index (χ3n) is 8.03. The fraction of sp³-hybridized carbons (Fsp3) is 0.519. The molecule has 3 aliphatic rings. The fourth-order valence-electron chi connectivity index (χ4n) is 5.37. The van der Waals surface area contributed by atoms with Crippen molar-refractivity contribution >= 4 is 52.6 Å². The molecule has 3 fully saturated rings. The van der Waals surface area contributed by atoms with Gasteiger partial charge in [-0.3, -0.25) is 14.5 Å². The van der Waals surface area contributed by atoms with Crippen molar-refractivity contribution in [1.29, 1.82) is 0 Å². The molecule has 5 rings (SSSR count). The van der Waals surface area contributed by atoms with Gasteiger partial charge in [-0.1, -0.05) is 23.2 Å². The predicted molar refractivity (Wildman–Crippen MR) is 164 cm³/mol. The first-order valence-corrected chi connectivity index (χ1v) is 14.8. The zero-order valence-corrected chi connectivity index (χ0v) is 25.7. The lowest BCUT2D eigenvalue weighted by atomic mass is 9.88. The minimum absolute atomic E-state index is 0.0672. The van der Waals surface area contributed by atoms with Crippen molar-refractivity contribution in [2.75, 3.05) is 84.6 Å². The number of guanidine groups is 1. The highest BCUT2D eigenvalue weighted by Crippen LogP contribution is 2.37. The molecule has 0 saturated carbocycles. The van der Waals surface area contributed by atoms with Gasteiger partial charge in [0.05, 0.1) is 17.7 Å². The molecule has 1 aromatic carbocycles. The summed E-state index contributed by atoms with van der Waals surface area (Å²) >= 11 is 12.5. The highest BCUT2D eigenvalue weighted by molar-refractivity contribution is 6.32. The number of aliphatic imine (C=N–C) groups is 1. The van der Waals surface area contributed by atoms with Crippen LogP contribution in [-0.2, 0) is 0 Å². The number of likely N-dealkylation sites (N-methyl/N-ethyl adjacent to an activating group) is 1. The number of nitrogens with zero attached hydrogens (tertiary/aromatic N) is 6. The predicted octanol–water partition coefficient (Wildman–Crippen LogP) is 0.947. The van der Waals surface area contributed by atoms with E-state index in [-0.39, 0.29) is 33.9 Å². The molecule has 3 saturated heterocycles. The van der Waals surface area contributed by atoms with Crippen LogP contribution in [0.25, 0.3) is 0 Å². The quantitative estimate of drug-likeness (QED) is 0.339. The SMILES string of the molecule is COc1cc(C(=O)N2CCC3(CC2)CN/C(=N\C(=O)c2nc(Cl)c(N)nc2N)N3)cc(Cl)c1OCCN1CCN(C)CC1. The number of piperidine rings is 1. The first-order chi connectivity index (χ1) is 20.6. The van der Waals surface area contributed by atoms with E-state index in [1.54, 1.807) is 17.0 Å². The van der Waals surface area contributed by atoms with Gasteiger partial charge in [0.1, 0.15) is 6.61 Å². The van der Waals surface area contributed by atoms with Gasteiger partial charge in [-0.15, -0.1) is 0 Å². The summed E-state index contributed by atoms with van der Waals surface area (Å²) in [6, 6.07) is 3.30. The normalized spacial score (nSPS) is 19.7. The number of carbonyl (C=O) groups is 2. The topological polar surface area (TPSA) is 177 Å². The molecule has 3 aliphatic heterocycles. The van der Waals surface area contributed by atoms with E-state index >= 15 is 0 Å². The summed E-state index contributed by atoms with van der Waals surface area (Å²) in [5.41, 5.74) is 11.2. The molecule has 0 radical (unpaired) electrons. The van der Waals surface area contributed by atoms with Crippen molar-refractivity contribution < 1.29 is 19.1 Å². The third kappa shape index (κ3) is 6.98. The summed E-state index contributed by atoms with van der Waals surface area (Å²) in [6.45, 7) is 6.82. The summed E-state index contributed by atoms with van der Waals surface area (Å²) in [4.78, 5) is 44.3. The molecule has 2 amide bonds. The van der Waals surface area contributed by atoms with Crippen molar-refractivity contribution in [2.24, 2.45) is 4.99 Å². The number of hydrogen-bond acceptors (Lipinski definition) is 10. The van der Waals surface area contributed by atoms with E-state index in [1.807, 2.05) is 0 Å². The summed E-state index contributed by atoms with van der Waals surface area (Å²) in [7, 11) is 3.65. The molecule has 232 valence electrons. The van der Waals surface area contributed by atoms with Crippen LogP contribution in [0.1, 0.15) is 33.7 Å². The van der Waals surface area contributed by atoms with Crippen LogP contribution in [0.5, 0.6) is 11.5 Å². The minimum atomic E-state index is -0.704. The van der Waals surface area contributed by atoms with Crippen LogP contribution >= 0.6 is 23.2 Å². The Morgan fingerprint density at radius 3 is 2.49 bits per heavy atom. The number of piperazine rings is 1. The lowest BCUT2D eigenvalue weighted by Gasteiger charge is -2.38. The molecule has 2 aromatic rings. The van der Waals surface area contributed by atoms with Gasteiger partial charge in [0, 0.05) is 57.9 Å². The Bertz CT molecular complexity index is 1410. The summed E-state index contributed by atoms with van der Waals surface area (Å²) in [6.07, 6.45) is 1.26.